The number of urea groups is 1. The molecular weight excluding hydrogens is 258 g/mol. The Morgan fingerprint density at radius 1 is 1.15 bits per heavy atom. The first kappa shape index (κ1) is 15.1. The van der Waals surface area contributed by atoms with Gasteiger partial charge in [0.1, 0.15) is 0 Å². The second kappa shape index (κ2) is 5.99. The van der Waals surface area contributed by atoms with Crippen molar-refractivity contribution in [1.82, 2.24) is 14.7 Å². The van der Waals surface area contributed by atoms with Gasteiger partial charge in [0.05, 0.1) is 5.92 Å². The number of amides is 2. The van der Waals surface area contributed by atoms with Crippen LogP contribution in [-0.4, -0.2) is 77.6 Å². The summed E-state index contributed by atoms with van der Waals surface area (Å²) in [6.45, 7) is 7.30. The Kier molecular flexibility index (Phi) is 4.52. The minimum Gasteiger partial charge on any atom is -0.481 e. The normalized spacial score (nSPS) is 31.6. The van der Waals surface area contributed by atoms with E-state index < -0.39 is 11.9 Å². The third-order valence-corrected chi connectivity index (χ3v) is 4.72. The van der Waals surface area contributed by atoms with E-state index in [0.29, 0.717) is 19.1 Å². The fourth-order valence-electron chi connectivity index (χ4n) is 3.21. The van der Waals surface area contributed by atoms with Gasteiger partial charge in [0, 0.05) is 38.8 Å². The summed E-state index contributed by atoms with van der Waals surface area (Å²) in [5.74, 6) is -1.18. The topological polar surface area (TPSA) is 64.1 Å². The van der Waals surface area contributed by atoms with Crippen LogP contribution in [0.5, 0.6) is 0 Å². The molecule has 2 heterocycles. The first-order valence-corrected chi connectivity index (χ1v) is 7.41. The Labute approximate surface area is 120 Å². The second-order valence-electron chi connectivity index (χ2n) is 6.10. The molecule has 0 aromatic rings. The number of carboxylic acid groups (broad SMARTS) is 1. The molecule has 0 saturated carbocycles. The summed E-state index contributed by atoms with van der Waals surface area (Å²) < 4.78 is 0. The number of carboxylic acids is 1. The zero-order valence-corrected chi connectivity index (χ0v) is 12.6. The van der Waals surface area contributed by atoms with Gasteiger partial charge in [-0.25, -0.2) is 4.79 Å². The van der Waals surface area contributed by atoms with E-state index in [2.05, 4.69) is 18.9 Å². The van der Waals surface area contributed by atoms with Crippen molar-refractivity contribution in [3.8, 4) is 0 Å². The molecular formula is C14H25N3O3. The lowest BCUT2D eigenvalue weighted by Crippen LogP contribution is -2.55. The Bertz CT molecular complexity index is 388. The fraction of sp³-hybridized carbons (Fsp3) is 0.857. The highest BCUT2D eigenvalue weighted by Crippen LogP contribution is 2.25. The smallest absolute Gasteiger partial charge is 0.320 e. The standard InChI is InChI=1S/C14H25N3O3/c1-4-11-8-16(6-5-15(11)3)14(20)17-7-10(2)12(9-17)13(18)19/h10-12H,4-9H2,1-3H3,(H,18,19)/t10-,11?,12-/m1/s1. The average Bonchev–Trinajstić information content (AvgIpc) is 2.80. The van der Waals surface area contributed by atoms with Crippen LogP contribution >= 0.6 is 0 Å². The third kappa shape index (κ3) is 2.90. The summed E-state index contributed by atoms with van der Waals surface area (Å²) in [6, 6.07) is 0.412. The highest BCUT2D eigenvalue weighted by atomic mass is 16.4. The van der Waals surface area contributed by atoms with Crippen molar-refractivity contribution in [1.29, 1.82) is 0 Å². The first-order chi connectivity index (χ1) is 9.43. The maximum Gasteiger partial charge on any atom is 0.320 e. The van der Waals surface area contributed by atoms with E-state index in [4.69, 9.17) is 5.11 Å². The van der Waals surface area contributed by atoms with E-state index in [0.717, 1.165) is 26.1 Å². The molecule has 2 aliphatic heterocycles. The van der Waals surface area contributed by atoms with Crippen LogP contribution in [0.15, 0.2) is 0 Å². The number of rotatable bonds is 2. The van der Waals surface area contributed by atoms with Crippen molar-refractivity contribution in [3.05, 3.63) is 0 Å². The summed E-state index contributed by atoms with van der Waals surface area (Å²) in [6.07, 6.45) is 1.02. The summed E-state index contributed by atoms with van der Waals surface area (Å²) >= 11 is 0. The molecule has 0 bridgehead atoms. The largest absolute Gasteiger partial charge is 0.481 e. The molecule has 1 unspecified atom stereocenters. The van der Waals surface area contributed by atoms with Gasteiger partial charge < -0.3 is 14.9 Å². The second-order valence-corrected chi connectivity index (χ2v) is 6.10. The SMILES string of the molecule is CCC1CN(C(=O)N2C[C@@H](C)[C@H](C(=O)O)C2)CCN1C. The van der Waals surface area contributed by atoms with Crippen molar-refractivity contribution in [2.45, 2.75) is 26.3 Å². The molecule has 114 valence electrons. The zero-order valence-electron chi connectivity index (χ0n) is 12.6. The monoisotopic (exact) mass is 283 g/mol. The number of likely N-dealkylation sites (tertiary alicyclic amines) is 1. The molecule has 3 atom stereocenters. The molecule has 0 aliphatic carbocycles. The number of likely N-dealkylation sites (N-methyl/N-ethyl adjacent to an activating group) is 1. The maximum absolute atomic E-state index is 12.5. The molecule has 1 N–H and O–H groups in total. The van der Waals surface area contributed by atoms with Gasteiger partial charge in [-0.1, -0.05) is 13.8 Å². The summed E-state index contributed by atoms with van der Waals surface area (Å²) in [5, 5.41) is 9.15. The summed E-state index contributed by atoms with van der Waals surface area (Å²) in [4.78, 5) is 29.5. The molecule has 2 amide bonds. The van der Waals surface area contributed by atoms with E-state index in [1.807, 2.05) is 11.8 Å². The summed E-state index contributed by atoms with van der Waals surface area (Å²) in [7, 11) is 2.09. The van der Waals surface area contributed by atoms with Gasteiger partial charge in [0.2, 0.25) is 0 Å². The highest BCUT2D eigenvalue weighted by molar-refractivity contribution is 5.78. The number of carbonyl (C=O) groups is 2. The van der Waals surface area contributed by atoms with Gasteiger partial charge >= 0.3 is 12.0 Å². The van der Waals surface area contributed by atoms with Crippen molar-refractivity contribution in [2.24, 2.45) is 11.8 Å². The van der Waals surface area contributed by atoms with E-state index in [1.165, 1.54) is 0 Å². The molecule has 2 saturated heterocycles. The predicted molar refractivity (Wildman–Crippen MR) is 75.5 cm³/mol. The quantitative estimate of drug-likeness (QED) is 0.813. The van der Waals surface area contributed by atoms with Gasteiger partial charge in [0.25, 0.3) is 0 Å². The lowest BCUT2D eigenvalue weighted by molar-refractivity contribution is -0.142. The Morgan fingerprint density at radius 2 is 1.85 bits per heavy atom. The Balaban J connectivity index is 1.97. The summed E-state index contributed by atoms with van der Waals surface area (Å²) in [5.41, 5.74) is 0. The fourth-order valence-corrected chi connectivity index (χ4v) is 3.21. The number of nitrogens with zero attached hydrogens (tertiary/aromatic N) is 3. The van der Waals surface area contributed by atoms with Crippen LogP contribution in [0.25, 0.3) is 0 Å². The van der Waals surface area contributed by atoms with Crippen LogP contribution in [0.1, 0.15) is 20.3 Å². The lowest BCUT2D eigenvalue weighted by Gasteiger charge is -2.40. The Hall–Kier alpha value is -1.30. The van der Waals surface area contributed by atoms with Crippen LogP contribution in [-0.2, 0) is 4.79 Å². The van der Waals surface area contributed by atoms with Gasteiger partial charge in [0.15, 0.2) is 0 Å². The number of aliphatic carboxylic acids is 1. The van der Waals surface area contributed by atoms with Gasteiger partial charge in [-0.3, -0.25) is 9.69 Å². The van der Waals surface area contributed by atoms with Crippen molar-refractivity contribution >= 4 is 12.0 Å². The molecule has 2 aliphatic rings. The number of hydrogen-bond donors (Lipinski definition) is 1. The lowest BCUT2D eigenvalue weighted by atomic mass is 9.99. The zero-order chi connectivity index (χ0) is 14.9. The van der Waals surface area contributed by atoms with E-state index in [-0.39, 0.29) is 11.9 Å². The first-order valence-electron chi connectivity index (χ1n) is 7.41. The molecule has 0 aromatic heterocycles. The molecule has 2 fully saturated rings. The van der Waals surface area contributed by atoms with Crippen LogP contribution in [0, 0.1) is 11.8 Å². The number of carbonyl (C=O) groups excluding carboxylic acids is 1. The molecule has 0 spiro atoms. The Morgan fingerprint density at radius 3 is 2.40 bits per heavy atom. The van der Waals surface area contributed by atoms with Crippen LogP contribution in [0.4, 0.5) is 4.79 Å². The van der Waals surface area contributed by atoms with Crippen LogP contribution in [0.2, 0.25) is 0 Å². The number of hydrogen-bond acceptors (Lipinski definition) is 3. The predicted octanol–water partition coefficient (Wildman–Crippen LogP) is 0.785. The van der Waals surface area contributed by atoms with Gasteiger partial charge in [-0.05, 0) is 19.4 Å². The third-order valence-electron chi connectivity index (χ3n) is 4.72. The average molecular weight is 283 g/mol. The van der Waals surface area contributed by atoms with Crippen LogP contribution < -0.4 is 0 Å². The molecule has 0 aromatic carbocycles. The highest BCUT2D eigenvalue weighted by Gasteiger charge is 2.39. The van der Waals surface area contributed by atoms with Gasteiger partial charge in [-0.2, -0.15) is 0 Å². The minimum atomic E-state index is -0.794. The van der Waals surface area contributed by atoms with Crippen molar-refractivity contribution in [2.75, 3.05) is 39.8 Å². The molecule has 6 heteroatoms. The molecule has 20 heavy (non-hydrogen) atoms. The van der Waals surface area contributed by atoms with Crippen LogP contribution in [0.3, 0.4) is 0 Å². The minimum absolute atomic E-state index is 0.00662. The maximum atomic E-state index is 12.5. The molecule has 2 rings (SSSR count). The van der Waals surface area contributed by atoms with E-state index >= 15 is 0 Å². The molecule has 6 nitrogen and oxygen atoms in total. The van der Waals surface area contributed by atoms with Crippen molar-refractivity contribution in [3.63, 3.8) is 0 Å². The van der Waals surface area contributed by atoms with E-state index in [1.54, 1.807) is 4.90 Å². The number of piperazine rings is 1. The van der Waals surface area contributed by atoms with Crippen molar-refractivity contribution < 1.29 is 14.7 Å². The van der Waals surface area contributed by atoms with Gasteiger partial charge in [-0.15, -0.1) is 0 Å². The van der Waals surface area contributed by atoms with E-state index in [9.17, 15) is 9.59 Å². The molecule has 0 radical (unpaired) electrons.